The van der Waals surface area contributed by atoms with Gasteiger partial charge in [-0.15, -0.1) is 0 Å². The van der Waals surface area contributed by atoms with Crippen molar-refractivity contribution in [2.24, 2.45) is 0 Å². The summed E-state index contributed by atoms with van der Waals surface area (Å²) >= 11 is 0. The fourth-order valence-corrected chi connectivity index (χ4v) is 11.8. The van der Waals surface area contributed by atoms with Crippen LogP contribution in [-0.4, -0.2) is 23.7 Å². The van der Waals surface area contributed by atoms with Crippen LogP contribution >= 0.6 is 0 Å². The molecule has 11 aromatic carbocycles. The minimum Gasteiger partial charge on any atom is -0.455 e. The third-order valence-electron chi connectivity index (χ3n) is 14.7. The lowest BCUT2D eigenvalue weighted by Gasteiger charge is -2.15. The maximum absolute atomic E-state index is 6.98. The second kappa shape index (κ2) is 14.0. The molecule has 6 heteroatoms. The Morgan fingerprint density at radius 3 is 1.66 bits per heavy atom. The maximum atomic E-state index is 6.98. The SMILES string of the molecule is c1ccc(-c2nc(-c3cc(-n4c5cc6c7ccccc7n(-c7ccccc7)c6c6ccc7cc8c9ccccc9n(-c9ccccc9)c8c4c7c65)cc4c3oc3ccccc34)c3ccccc3n2)cc1. The van der Waals surface area contributed by atoms with E-state index in [1.54, 1.807) is 0 Å². The van der Waals surface area contributed by atoms with Crippen molar-refractivity contribution in [3.63, 3.8) is 0 Å². The lowest BCUT2D eigenvalue weighted by atomic mass is 9.98. The van der Waals surface area contributed by atoms with Gasteiger partial charge < -0.3 is 18.1 Å². The number of benzene rings is 11. The van der Waals surface area contributed by atoms with Crippen LogP contribution < -0.4 is 0 Å². The second-order valence-corrected chi connectivity index (χ2v) is 18.5. The Kier molecular flexibility index (Phi) is 7.52. The number of rotatable bonds is 5. The number of nitrogens with zero attached hydrogens (tertiary/aromatic N) is 5. The molecule has 324 valence electrons. The van der Waals surface area contributed by atoms with Crippen LogP contribution in [0.2, 0.25) is 0 Å². The molecule has 0 saturated heterocycles. The first kappa shape index (κ1) is 37.6. The molecule has 0 amide bonds. The molecule has 0 aliphatic heterocycles. The Hall–Kier alpha value is -9.52. The average Bonchev–Trinajstić information content (AvgIpc) is 4.17. The maximum Gasteiger partial charge on any atom is 0.160 e. The van der Waals surface area contributed by atoms with Crippen LogP contribution in [0.5, 0.6) is 0 Å². The molecule has 0 bridgehead atoms. The first-order chi connectivity index (χ1) is 34.7. The zero-order valence-corrected chi connectivity index (χ0v) is 37.5. The van der Waals surface area contributed by atoms with E-state index in [2.05, 4.69) is 214 Å². The Morgan fingerprint density at radius 1 is 0.343 bits per heavy atom. The second-order valence-electron chi connectivity index (χ2n) is 18.5. The smallest absolute Gasteiger partial charge is 0.160 e. The van der Waals surface area contributed by atoms with Gasteiger partial charge in [-0.3, -0.25) is 0 Å². The van der Waals surface area contributed by atoms with Crippen molar-refractivity contribution in [1.29, 1.82) is 0 Å². The Balaban J connectivity index is 1.15. The zero-order chi connectivity index (χ0) is 45.6. The van der Waals surface area contributed by atoms with Gasteiger partial charge in [0, 0.05) is 82.1 Å². The van der Waals surface area contributed by atoms with Gasteiger partial charge in [-0.05, 0) is 78.2 Å². The minimum atomic E-state index is 0.665. The van der Waals surface area contributed by atoms with E-state index in [1.807, 2.05) is 24.3 Å². The highest BCUT2D eigenvalue weighted by molar-refractivity contribution is 6.37. The largest absolute Gasteiger partial charge is 0.455 e. The van der Waals surface area contributed by atoms with Crippen LogP contribution in [0.1, 0.15) is 0 Å². The molecule has 0 aliphatic rings. The van der Waals surface area contributed by atoms with Crippen LogP contribution in [0.3, 0.4) is 0 Å². The van der Waals surface area contributed by atoms with E-state index in [0.717, 1.165) is 88.8 Å². The molecular formula is C64H37N5O. The summed E-state index contributed by atoms with van der Waals surface area (Å²) in [5.41, 5.74) is 15.4. The highest BCUT2D eigenvalue weighted by atomic mass is 16.3. The topological polar surface area (TPSA) is 53.7 Å². The predicted molar refractivity (Wildman–Crippen MR) is 289 cm³/mol. The molecule has 70 heavy (non-hydrogen) atoms. The number of aromatic nitrogens is 5. The number of para-hydroxylation sites is 6. The molecule has 5 heterocycles. The van der Waals surface area contributed by atoms with E-state index in [0.29, 0.717) is 5.82 Å². The van der Waals surface area contributed by atoms with Crippen molar-refractivity contribution < 1.29 is 4.42 Å². The summed E-state index contributed by atoms with van der Waals surface area (Å²) in [7, 11) is 0. The van der Waals surface area contributed by atoms with Crippen LogP contribution in [0.25, 0.3) is 149 Å². The van der Waals surface area contributed by atoms with Gasteiger partial charge in [0.2, 0.25) is 0 Å². The van der Waals surface area contributed by atoms with E-state index in [9.17, 15) is 0 Å². The van der Waals surface area contributed by atoms with Gasteiger partial charge in [-0.2, -0.15) is 0 Å². The Morgan fingerprint density at radius 2 is 0.929 bits per heavy atom. The molecule has 5 aromatic heterocycles. The molecule has 6 nitrogen and oxygen atoms in total. The summed E-state index contributed by atoms with van der Waals surface area (Å²) in [5.74, 6) is 0.665. The van der Waals surface area contributed by atoms with Crippen molar-refractivity contribution in [3.8, 4) is 39.7 Å². The standard InChI is InChI=1S/C64H37N5O/c1-4-18-38(19-5-1)64-65-52-28-14-10-27-46(52)59(66-64)51-36-42(35-50-45-26-13-17-31-56(45)70-63(50)51)69-55-37-49-44-25-12-15-29-53(44)67(40-20-6-2-7-21-40)60(49)47-33-32-39-34-48-43-24-11-16-30-54(43)68(41-22-8-3-9-23-41)61(48)62(69)57(39)58(47)55/h1-37H. The molecule has 16 rings (SSSR count). The van der Waals surface area contributed by atoms with Crippen LogP contribution in [0, 0.1) is 0 Å². The number of hydrogen-bond acceptors (Lipinski definition) is 3. The average molecular weight is 892 g/mol. The third-order valence-corrected chi connectivity index (χ3v) is 14.7. The highest BCUT2D eigenvalue weighted by Gasteiger charge is 2.29. The fraction of sp³-hybridized carbons (Fsp3) is 0. The molecule has 0 aliphatic carbocycles. The van der Waals surface area contributed by atoms with Gasteiger partial charge in [-0.25, -0.2) is 9.97 Å². The van der Waals surface area contributed by atoms with Crippen molar-refractivity contribution in [2.75, 3.05) is 0 Å². The lowest BCUT2D eigenvalue weighted by Crippen LogP contribution is -2.00. The molecule has 0 N–H and O–H groups in total. The van der Waals surface area contributed by atoms with Gasteiger partial charge >= 0.3 is 0 Å². The van der Waals surface area contributed by atoms with E-state index < -0.39 is 0 Å². The van der Waals surface area contributed by atoms with Gasteiger partial charge in [0.1, 0.15) is 11.2 Å². The van der Waals surface area contributed by atoms with E-state index in [-0.39, 0.29) is 0 Å². The van der Waals surface area contributed by atoms with Crippen molar-refractivity contribution in [1.82, 2.24) is 23.7 Å². The predicted octanol–water partition coefficient (Wildman–Crippen LogP) is 16.7. The van der Waals surface area contributed by atoms with Crippen LogP contribution in [0.4, 0.5) is 0 Å². The Bertz CT molecular complexity index is 4810. The molecular weight excluding hydrogens is 855 g/mol. The Labute approximate surface area is 399 Å². The molecule has 0 unspecified atom stereocenters. The molecule has 0 fully saturated rings. The van der Waals surface area contributed by atoms with E-state index >= 15 is 0 Å². The molecule has 0 atom stereocenters. The van der Waals surface area contributed by atoms with Gasteiger partial charge in [0.25, 0.3) is 0 Å². The molecule has 0 radical (unpaired) electrons. The van der Waals surface area contributed by atoms with Crippen molar-refractivity contribution >= 4 is 109 Å². The first-order valence-corrected chi connectivity index (χ1v) is 23.8. The number of hydrogen-bond donors (Lipinski definition) is 0. The summed E-state index contributed by atoms with van der Waals surface area (Å²) in [5, 5.41) is 12.7. The van der Waals surface area contributed by atoms with Gasteiger partial charge in [0.15, 0.2) is 5.82 Å². The minimum absolute atomic E-state index is 0.665. The molecule has 0 spiro atoms. The van der Waals surface area contributed by atoms with E-state index in [1.165, 1.54) is 54.1 Å². The van der Waals surface area contributed by atoms with Crippen molar-refractivity contribution in [2.45, 2.75) is 0 Å². The lowest BCUT2D eigenvalue weighted by molar-refractivity contribution is 0.670. The molecule has 16 aromatic rings. The normalized spacial score (nSPS) is 12.3. The highest BCUT2D eigenvalue weighted by Crippen LogP contribution is 2.50. The first-order valence-electron chi connectivity index (χ1n) is 23.8. The summed E-state index contributed by atoms with van der Waals surface area (Å²) in [6.45, 7) is 0. The number of furan rings is 1. The monoisotopic (exact) mass is 891 g/mol. The van der Waals surface area contributed by atoms with Gasteiger partial charge in [-0.1, -0.05) is 152 Å². The third kappa shape index (κ3) is 5.06. The summed E-state index contributed by atoms with van der Waals surface area (Å²) in [6.07, 6.45) is 0. The number of fused-ring (bicyclic) bond motifs is 12. The quantitative estimate of drug-likeness (QED) is 0.162. The van der Waals surface area contributed by atoms with Gasteiger partial charge in [0.05, 0.1) is 44.3 Å². The zero-order valence-electron chi connectivity index (χ0n) is 37.5. The summed E-state index contributed by atoms with van der Waals surface area (Å²) < 4.78 is 14.5. The fourth-order valence-electron chi connectivity index (χ4n) is 11.8. The van der Waals surface area contributed by atoms with Crippen LogP contribution in [-0.2, 0) is 0 Å². The summed E-state index contributed by atoms with van der Waals surface area (Å²) in [6, 6.07) is 80.6. The molecule has 0 saturated carbocycles. The summed E-state index contributed by atoms with van der Waals surface area (Å²) in [4.78, 5) is 10.6. The van der Waals surface area contributed by atoms with E-state index in [4.69, 9.17) is 14.4 Å². The van der Waals surface area contributed by atoms with Crippen molar-refractivity contribution in [3.05, 3.63) is 224 Å². The van der Waals surface area contributed by atoms with Crippen LogP contribution in [0.15, 0.2) is 229 Å².